The van der Waals surface area contributed by atoms with E-state index in [0.717, 1.165) is 0 Å². The Morgan fingerprint density at radius 2 is 1.11 bits per heavy atom. The molecule has 0 bridgehead atoms. The second-order valence-corrected chi connectivity index (χ2v) is 3.42. The Morgan fingerprint density at radius 3 is 1.39 bits per heavy atom. The number of hydrogen-bond acceptors (Lipinski definition) is 6. The van der Waals surface area contributed by atoms with Gasteiger partial charge in [-0.05, 0) is 0 Å². The molecule has 0 saturated carbocycles. The normalized spacial score (nSPS) is 14.4. The largest absolute Gasteiger partial charge is 0.397 e. The van der Waals surface area contributed by atoms with Gasteiger partial charge in [0.1, 0.15) is 0 Å². The summed E-state index contributed by atoms with van der Waals surface area (Å²) in [5, 5.41) is 21.4. The molecule has 0 amide bonds. The number of Topliss-reactive ketones (excluding diaryl/α,β-unsaturated/α-hetero) is 2. The summed E-state index contributed by atoms with van der Waals surface area (Å²) < 4.78 is 0. The van der Waals surface area contributed by atoms with Crippen LogP contribution in [0.2, 0.25) is 0 Å². The van der Waals surface area contributed by atoms with Gasteiger partial charge < -0.3 is 0 Å². The monoisotopic (exact) mass is 248 g/mol. The van der Waals surface area contributed by atoms with Gasteiger partial charge in [0.15, 0.2) is 0 Å². The number of hydrogen-bond donors (Lipinski definition) is 0. The molecule has 8 nitrogen and oxygen atoms in total. The highest BCUT2D eigenvalue weighted by molar-refractivity contribution is 6.24. The Balaban J connectivity index is 2.80. The van der Waals surface area contributed by atoms with Crippen LogP contribution >= 0.6 is 0 Å². The molecule has 1 aromatic rings. The van der Waals surface area contributed by atoms with Crippen LogP contribution in [0.15, 0.2) is 35.7 Å². The number of ketones is 2. The lowest BCUT2D eigenvalue weighted by molar-refractivity contribution is -0.460. The lowest BCUT2D eigenvalue weighted by Gasteiger charge is -2.10. The van der Waals surface area contributed by atoms with Crippen LogP contribution in [-0.4, -0.2) is 21.4 Å². The van der Waals surface area contributed by atoms with Crippen LogP contribution in [0, 0.1) is 20.2 Å². The molecule has 0 fully saturated rings. The van der Waals surface area contributed by atoms with E-state index < -0.39 is 32.8 Å². The van der Waals surface area contributed by atoms with Crippen LogP contribution in [0.4, 0.5) is 0 Å². The van der Waals surface area contributed by atoms with E-state index in [1.807, 2.05) is 0 Å². The molecule has 0 radical (unpaired) electrons. The van der Waals surface area contributed by atoms with E-state index in [1.165, 1.54) is 24.3 Å². The van der Waals surface area contributed by atoms with Crippen LogP contribution in [0.5, 0.6) is 0 Å². The quantitative estimate of drug-likeness (QED) is 0.564. The predicted octanol–water partition coefficient (Wildman–Crippen LogP) is 0.831. The highest BCUT2D eigenvalue weighted by Crippen LogP contribution is 2.26. The maximum absolute atomic E-state index is 11.8. The van der Waals surface area contributed by atoms with Crippen molar-refractivity contribution in [2.45, 2.75) is 0 Å². The molecule has 1 aliphatic rings. The zero-order valence-electron chi connectivity index (χ0n) is 8.65. The van der Waals surface area contributed by atoms with Crippen LogP contribution in [0.1, 0.15) is 20.7 Å². The van der Waals surface area contributed by atoms with Gasteiger partial charge in [-0.2, -0.15) is 0 Å². The minimum atomic E-state index is -1.29. The van der Waals surface area contributed by atoms with E-state index in [4.69, 9.17) is 0 Å². The third-order valence-corrected chi connectivity index (χ3v) is 2.44. The van der Waals surface area contributed by atoms with Crippen molar-refractivity contribution in [1.29, 1.82) is 0 Å². The summed E-state index contributed by atoms with van der Waals surface area (Å²) in [4.78, 5) is 42.5. The van der Waals surface area contributed by atoms with E-state index in [-0.39, 0.29) is 11.1 Å². The molecule has 0 heterocycles. The Hall–Kier alpha value is -2.90. The molecule has 1 aliphatic carbocycles. The molecule has 0 saturated heterocycles. The summed E-state index contributed by atoms with van der Waals surface area (Å²) in [6, 6.07) is 5.27. The Labute approximate surface area is 98.8 Å². The maximum Gasteiger partial charge on any atom is 0.397 e. The van der Waals surface area contributed by atoms with Gasteiger partial charge in [-0.15, -0.1) is 0 Å². The SMILES string of the molecule is O=C1C([N+](=O)[O-])=C([N+](=O)[O-])C(=O)c2ccccc21. The number of nitrogens with zero attached hydrogens (tertiary/aromatic N) is 2. The summed E-state index contributed by atoms with van der Waals surface area (Å²) in [6.07, 6.45) is 0. The van der Waals surface area contributed by atoms with Crippen molar-refractivity contribution >= 4 is 11.6 Å². The second-order valence-electron chi connectivity index (χ2n) is 3.42. The van der Waals surface area contributed by atoms with Gasteiger partial charge in [0.25, 0.3) is 11.6 Å². The van der Waals surface area contributed by atoms with Crippen molar-refractivity contribution in [2.24, 2.45) is 0 Å². The second kappa shape index (κ2) is 3.84. The summed E-state index contributed by atoms with van der Waals surface area (Å²) in [5.74, 6) is -2.25. The van der Waals surface area contributed by atoms with E-state index in [0.29, 0.717) is 0 Å². The van der Waals surface area contributed by atoms with Crippen LogP contribution < -0.4 is 0 Å². The molecule has 0 aliphatic heterocycles. The molecule has 2 rings (SSSR count). The lowest BCUT2D eigenvalue weighted by atomic mass is 9.91. The fourth-order valence-corrected chi connectivity index (χ4v) is 1.69. The Kier molecular flexibility index (Phi) is 2.47. The number of fused-ring (bicyclic) bond motifs is 1. The molecule has 0 atom stereocenters. The summed E-state index contributed by atoms with van der Waals surface area (Å²) in [7, 11) is 0. The number of allylic oxidation sites excluding steroid dienone is 2. The standard InChI is InChI=1S/C10H4N2O6/c13-9-5-3-1-2-4-6(5)10(14)8(12(17)18)7(9)11(15)16/h1-4H. The molecule has 90 valence electrons. The highest BCUT2D eigenvalue weighted by Gasteiger charge is 2.47. The zero-order chi connectivity index (χ0) is 13.4. The van der Waals surface area contributed by atoms with Gasteiger partial charge in [0.05, 0.1) is 9.85 Å². The van der Waals surface area contributed by atoms with Crippen molar-refractivity contribution in [1.82, 2.24) is 0 Å². The molecule has 0 N–H and O–H groups in total. The van der Waals surface area contributed by atoms with E-state index >= 15 is 0 Å². The van der Waals surface area contributed by atoms with Gasteiger partial charge in [-0.25, -0.2) is 0 Å². The molecule has 0 aromatic heterocycles. The fraction of sp³-hybridized carbons (Fsp3) is 0. The van der Waals surface area contributed by atoms with Gasteiger partial charge in [-0.1, -0.05) is 24.3 Å². The molecule has 8 heteroatoms. The molecular weight excluding hydrogens is 244 g/mol. The van der Waals surface area contributed by atoms with Gasteiger partial charge in [0.2, 0.25) is 0 Å². The molecular formula is C10H4N2O6. The summed E-state index contributed by atoms with van der Waals surface area (Å²) >= 11 is 0. The number of rotatable bonds is 2. The van der Waals surface area contributed by atoms with E-state index in [1.54, 1.807) is 0 Å². The number of benzene rings is 1. The Morgan fingerprint density at radius 1 is 0.778 bits per heavy atom. The average molecular weight is 248 g/mol. The van der Waals surface area contributed by atoms with Crippen molar-refractivity contribution in [3.05, 3.63) is 67.0 Å². The minimum absolute atomic E-state index is 0.195. The van der Waals surface area contributed by atoms with E-state index in [2.05, 4.69) is 0 Å². The van der Waals surface area contributed by atoms with Crippen molar-refractivity contribution in [3.8, 4) is 0 Å². The van der Waals surface area contributed by atoms with Gasteiger partial charge in [-0.3, -0.25) is 29.8 Å². The fourth-order valence-electron chi connectivity index (χ4n) is 1.69. The minimum Gasteiger partial charge on any atom is -0.281 e. The average Bonchev–Trinajstić information content (AvgIpc) is 2.32. The van der Waals surface area contributed by atoms with Gasteiger partial charge >= 0.3 is 11.4 Å². The first-order valence-corrected chi connectivity index (χ1v) is 4.66. The van der Waals surface area contributed by atoms with Crippen molar-refractivity contribution in [2.75, 3.05) is 0 Å². The third kappa shape index (κ3) is 1.47. The van der Waals surface area contributed by atoms with Crippen LogP contribution in [0.3, 0.4) is 0 Å². The maximum atomic E-state index is 11.8. The van der Waals surface area contributed by atoms with Gasteiger partial charge in [0, 0.05) is 11.1 Å². The van der Waals surface area contributed by atoms with Crippen LogP contribution in [-0.2, 0) is 0 Å². The predicted molar refractivity (Wildman–Crippen MR) is 56.1 cm³/mol. The zero-order valence-corrected chi connectivity index (χ0v) is 8.65. The molecule has 0 unspecified atom stereocenters. The number of carbonyl (C=O) groups excluding carboxylic acids is 2. The molecule has 18 heavy (non-hydrogen) atoms. The van der Waals surface area contributed by atoms with Crippen molar-refractivity contribution < 1.29 is 19.4 Å². The first kappa shape index (κ1) is 11.6. The highest BCUT2D eigenvalue weighted by atomic mass is 16.6. The number of nitro groups is 2. The molecule has 1 aromatic carbocycles. The molecule has 0 spiro atoms. The number of carbonyl (C=O) groups is 2. The summed E-state index contributed by atoms with van der Waals surface area (Å²) in [5.41, 5.74) is -2.97. The van der Waals surface area contributed by atoms with Crippen molar-refractivity contribution in [3.63, 3.8) is 0 Å². The van der Waals surface area contributed by atoms with E-state index in [9.17, 15) is 29.8 Å². The third-order valence-electron chi connectivity index (χ3n) is 2.44. The lowest BCUT2D eigenvalue weighted by Crippen LogP contribution is -2.29. The van der Waals surface area contributed by atoms with Crippen LogP contribution in [0.25, 0.3) is 0 Å². The Bertz CT molecular complexity index is 591. The first-order chi connectivity index (χ1) is 8.45. The summed E-state index contributed by atoms with van der Waals surface area (Å²) in [6.45, 7) is 0. The first-order valence-electron chi connectivity index (χ1n) is 4.66. The smallest absolute Gasteiger partial charge is 0.281 e. The topological polar surface area (TPSA) is 120 Å².